The lowest BCUT2D eigenvalue weighted by atomic mass is 9.96. The van der Waals surface area contributed by atoms with Crippen LogP contribution in [0.4, 0.5) is 17.6 Å². The second-order valence-corrected chi connectivity index (χ2v) is 8.72. The lowest BCUT2D eigenvalue weighted by Gasteiger charge is -2.17. The number of pyridine rings is 1. The molecule has 0 N–H and O–H groups in total. The van der Waals surface area contributed by atoms with Gasteiger partial charge in [-0.05, 0) is 72.4 Å². The number of nitrogens with zero attached hydrogens (tertiary/aromatic N) is 1. The summed E-state index contributed by atoms with van der Waals surface area (Å²) in [6, 6.07) is 9.81. The molecule has 35 heavy (non-hydrogen) atoms. The summed E-state index contributed by atoms with van der Waals surface area (Å²) in [6.07, 6.45) is -2.19. The van der Waals surface area contributed by atoms with Crippen molar-refractivity contribution < 1.29 is 32.2 Å². The predicted molar refractivity (Wildman–Crippen MR) is 121 cm³/mol. The highest BCUT2D eigenvalue weighted by atomic mass is 35.5. The van der Waals surface area contributed by atoms with Crippen LogP contribution in [0.5, 0.6) is 5.75 Å². The molecule has 0 spiro atoms. The van der Waals surface area contributed by atoms with Crippen LogP contribution < -0.4 is 9.84 Å². The number of hydrogen-bond donors (Lipinski definition) is 0. The molecule has 0 aliphatic heterocycles. The predicted octanol–water partition coefficient (Wildman–Crippen LogP) is 6.58. The summed E-state index contributed by atoms with van der Waals surface area (Å²) in [4.78, 5) is 14.8. The van der Waals surface area contributed by atoms with E-state index >= 15 is 0 Å². The fourth-order valence-corrected chi connectivity index (χ4v) is 4.42. The maximum atomic E-state index is 13.3. The van der Waals surface area contributed by atoms with Crippen molar-refractivity contribution in [3.8, 4) is 5.75 Å². The number of carbonyl (C=O) groups excluding carboxylic acids is 1. The van der Waals surface area contributed by atoms with Crippen LogP contribution in [-0.4, -0.2) is 11.0 Å². The first kappa shape index (κ1) is 25.0. The molecule has 0 bridgehead atoms. The fraction of sp³-hybridized carbons (Fsp3) is 0.200. The van der Waals surface area contributed by atoms with Gasteiger partial charge in [-0.3, -0.25) is 4.98 Å². The zero-order valence-electron chi connectivity index (χ0n) is 17.9. The number of aromatic nitrogens is 1. The molecule has 0 atom stereocenters. The number of halogens is 6. The van der Waals surface area contributed by atoms with Gasteiger partial charge in [0, 0.05) is 27.9 Å². The van der Waals surface area contributed by atoms with E-state index < -0.39 is 29.2 Å². The topological polar surface area (TPSA) is 62.2 Å². The van der Waals surface area contributed by atoms with Crippen molar-refractivity contribution in [2.75, 3.05) is 0 Å². The van der Waals surface area contributed by atoms with Crippen LogP contribution in [0.25, 0.3) is 11.1 Å². The van der Waals surface area contributed by atoms with Gasteiger partial charge in [-0.1, -0.05) is 29.3 Å². The minimum absolute atomic E-state index is 0.0347. The summed E-state index contributed by atoms with van der Waals surface area (Å²) in [6.45, 7) is 0.0347. The number of benzene rings is 2. The smallest absolute Gasteiger partial charge is 0.433 e. The third-order valence-electron chi connectivity index (χ3n) is 5.61. The van der Waals surface area contributed by atoms with Crippen LogP contribution in [0.15, 0.2) is 48.7 Å². The van der Waals surface area contributed by atoms with Gasteiger partial charge in [-0.15, -0.1) is 0 Å². The van der Waals surface area contributed by atoms with E-state index in [2.05, 4.69) is 4.98 Å². The Bertz CT molecular complexity index is 1340. The Morgan fingerprint density at radius 3 is 2.49 bits per heavy atom. The van der Waals surface area contributed by atoms with Crippen molar-refractivity contribution >= 4 is 40.3 Å². The summed E-state index contributed by atoms with van der Waals surface area (Å²) in [5.41, 5.74) is 0.265. The molecule has 1 aliphatic rings. The van der Waals surface area contributed by atoms with E-state index in [4.69, 9.17) is 27.9 Å². The van der Waals surface area contributed by atoms with Crippen molar-refractivity contribution in [1.29, 1.82) is 0 Å². The number of aromatic carboxylic acids is 1. The van der Waals surface area contributed by atoms with Gasteiger partial charge in [-0.25, -0.2) is 4.39 Å². The third-order valence-corrected chi connectivity index (χ3v) is 6.19. The molecule has 0 amide bonds. The monoisotopic (exact) mass is 524 g/mol. The van der Waals surface area contributed by atoms with Crippen molar-refractivity contribution in [3.63, 3.8) is 0 Å². The molecular formula is C25H16Cl2F4NO3-. The quantitative estimate of drug-likeness (QED) is 0.341. The van der Waals surface area contributed by atoms with Gasteiger partial charge in [0.05, 0.1) is 11.0 Å². The van der Waals surface area contributed by atoms with Gasteiger partial charge < -0.3 is 14.6 Å². The van der Waals surface area contributed by atoms with Gasteiger partial charge in [-0.2, -0.15) is 13.2 Å². The van der Waals surface area contributed by atoms with Crippen LogP contribution >= 0.6 is 23.2 Å². The molecule has 1 aromatic heterocycles. The molecule has 1 heterocycles. The van der Waals surface area contributed by atoms with E-state index in [-0.39, 0.29) is 17.2 Å². The number of alkyl halides is 3. The number of ether oxygens (including phenoxy) is 1. The van der Waals surface area contributed by atoms with Crippen LogP contribution in [0.2, 0.25) is 10.0 Å². The third kappa shape index (κ3) is 5.44. The molecule has 4 rings (SSSR count). The zero-order chi connectivity index (χ0) is 25.3. The van der Waals surface area contributed by atoms with E-state index in [1.165, 1.54) is 18.2 Å². The second kappa shape index (κ2) is 9.87. The van der Waals surface area contributed by atoms with Crippen LogP contribution in [0.3, 0.4) is 0 Å². The Hall–Kier alpha value is -3.10. The first-order valence-electron chi connectivity index (χ1n) is 10.4. The SMILES string of the molecule is O=C([O-])c1cc(C2=C(c3cc(Cl)ccc3OCc3ccc(F)cc3Cl)CCC2)cnc1C(F)(F)F. The molecule has 0 saturated heterocycles. The minimum atomic E-state index is -4.93. The number of hydrogen-bond acceptors (Lipinski definition) is 4. The van der Waals surface area contributed by atoms with Gasteiger partial charge in [0.1, 0.15) is 18.2 Å². The highest BCUT2D eigenvalue weighted by molar-refractivity contribution is 6.31. The molecule has 1 aliphatic carbocycles. The summed E-state index contributed by atoms with van der Waals surface area (Å²) < 4.78 is 58.9. The fourth-order valence-electron chi connectivity index (χ4n) is 4.03. The van der Waals surface area contributed by atoms with Crippen LogP contribution in [-0.2, 0) is 12.8 Å². The molecule has 3 aromatic rings. The molecule has 2 aromatic carbocycles. The van der Waals surface area contributed by atoms with Crippen molar-refractivity contribution in [1.82, 2.24) is 4.98 Å². The van der Waals surface area contributed by atoms with Crippen molar-refractivity contribution in [2.24, 2.45) is 0 Å². The van der Waals surface area contributed by atoms with E-state index in [1.807, 2.05) is 0 Å². The zero-order valence-corrected chi connectivity index (χ0v) is 19.4. The Labute approximate surface area is 207 Å². The van der Waals surface area contributed by atoms with Gasteiger partial charge in [0.15, 0.2) is 5.69 Å². The molecule has 0 fully saturated rings. The number of rotatable bonds is 6. The average Bonchev–Trinajstić information content (AvgIpc) is 3.28. The van der Waals surface area contributed by atoms with E-state index in [1.54, 1.807) is 18.2 Å². The van der Waals surface area contributed by atoms with E-state index in [0.29, 0.717) is 46.7 Å². The lowest BCUT2D eigenvalue weighted by molar-refractivity contribution is -0.255. The summed E-state index contributed by atoms with van der Waals surface area (Å²) in [5, 5.41) is 12.0. The van der Waals surface area contributed by atoms with Gasteiger partial charge in [0.2, 0.25) is 0 Å². The van der Waals surface area contributed by atoms with Gasteiger partial charge in [0.25, 0.3) is 0 Å². The maximum Gasteiger partial charge on any atom is 0.433 e. The molecule has 0 radical (unpaired) electrons. The Morgan fingerprint density at radius 1 is 1.06 bits per heavy atom. The van der Waals surface area contributed by atoms with Crippen molar-refractivity contribution in [2.45, 2.75) is 32.0 Å². The Kier molecular flexibility index (Phi) is 7.05. The average molecular weight is 525 g/mol. The van der Waals surface area contributed by atoms with Crippen LogP contribution in [0.1, 0.15) is 52.0 Å². The molecule has 10 heteroatoms. The number of carbonyl (C=O) groups is 1. The highest BCUT2D eigenvalue weighted by Crippen LogP contribution is 2.44. The Balaban J connectivity index is 1.75. The Morgan fingerprint density at radius 2 is 1.80 bits per heavy atom. The summed E-state index contributed by atoms with van der Waals surface area (Å²) >= 11 is 12.3. The van der Waals surface area contributed by atoms with E-state index in [9.17, 15) is 27.5 Å². The highest BCUT2D eigenvalue weighted by Gasteiger charge is 2.36. The van der Waals surface area contributed by atoms with E-state index in [0.717, 1.165) is 17.8 Å². The lowest BCUT2D eigenvalue weighted by Crippen LogP contribution is -2.27. The number of carboxylic acids is 1. The maximum absolute atomic E-state index is 13.3. The standard InChI is InChI=1S/C25H17Cl2F4NO3/c26-15-5-7-22(35-12-13-4-6-16(28)10-21(13)27)19(9-15)18-3-1-2-17(18)14-8-20(24(33)34)23(32-11-14)25(29,30)31/h4-11H,1-3,12H2,(H,33,34)/p-1. The summed E-state index contributed by atoms with van der Waals surface area (Å²) in [5.74, 6) is -2.01. The number of allylic oxidation sites excluding steroid dienone is 2. The molecule has 4 nitrogen and oxygen atoms in total. The first-order chi connectivity index (χ1) is 16.5. The molecule has 182 valence electrons. The molecule has 0 saturated carbocycles. The largest absolute Gasteiger partial charge is 0.545 e. The summed E-state index contributed by atoms with van der Waals surface area (Å²) in [7, 11) is 0. The number of carboxylic acid groups (broad SMARTS) is 1. The normalized spacial score (nSPS) is 13.9. The minimum Gasteiger partial charge on any atom is -0.545 e. The molecular weight excluding hydrogens is 509 g/mol. The first-order valence-corrected chi connectivity index (χ1v) is 11.2. The van der Waals surface area contributed by atoms with Gasteiger partial charge >= 0.3 is 6.18 Å². The van der Waals surface area contributed by atoms with Crippen LogP contribution in [0, 0.1) is 5.82 Å². The molecule has 0 unspecified atom stereocenters. The van der Waals surface area contributed by atoms with Crippen molar-refractivity contribution in [3.05, 3.63) is 92.5 Å². The second-order valence-electron chi connectivity index (χ2n) is 7.88.